The molecule has 2 aliphatic rings. The summed E-state index contributed by atoms with van der Waals surface area (Å²) >= 11 is 0. The molecule has 3 rings (SSSR count). The number of hydrogen-bond acceptors (Lipinski definition) is 3. The third-order valence-electron chi connectivity index (χ3n) is 8.94. The third kappa shape index (κ3) is 5.75. The standard InChI is InChI=1S/C27H46O3Si/c1-6-7-8-10-19(18-27(2,3)31(4,5)30)13-14-22-23-15-20-11-9-12-25(28)24(20)16-21(23)17-26(22)29/h9,11-12,19,21-23,26,28-30H,6-8,10,13-18H2,1-5H3/t19-,21+,22-,23+,26-/m0/s1. The Morgan fingerprint density at radius 2 is 1.87 bits per heavy atom. The zero-order chi connectivity index (χ0) is 22.8. The number of phenols is 1. The lowest BCUT2D eigenvalue weighted by molar-refractivity contribution is 0.104. The van der Waals surface area contributed by atoms with E-state index in [0.717, 1.165) is 44.1 Å². The molecule has 1 fully saturated rings. The Morgan fingerprint density at radius 3 is 2.55 bits per heavy atom. The number of fused-ring (bicyclic) bond motifs is 2. The van der Waals surface area contributed by atoms with Gasteiger partial charge in [-0.2, -0.15) is 0 Å². The highest BCUT2D eigenvalue weighted by Crippen LogP contribution is 2.50. The Hall–Kier alpha value is -0.843. The Morgan fingerprint density at radius 1 is 1.13 bits per heavy atom. The monoisotopic (exact) mass is 446 g/mol. The van der Waals surface area contributed by atoms with Gasteiger partial charge in [-0.15, -0.1) is 0 Å². The van der Waals surface area contributed by atoms with Crippen molar-refractivity contribution in [1.82, 2.24) is 0 Å². The van der Waals surface area contributed by atoms with Gasteiger partial charge in [-0.25, -0.2) is 0 Å². The first-order chi connectivity index (χ1) is 14.5. The fraction of sp³-hybridized carbons (Fsp3) is 0.778. The number of aromatic hydroxyl groups is 1. The Kier molecular flexibility index (Phi) is 7.97. The van der Waals surface area contributed by atoms with Gasteiger partial charge in [-0.05, 0) is 91.1 Å². The number of aliphatic hydroxyl groups excluding tert-OH is 1. The number of hydrogen-bond donors (Lipinski definition) is 3. The van der Waals surface area contributed by atoms with E-state index in [2.05, 4.69) is 39.9 Å². The minimum absolute atomic E-state index is 0.0159. The molecule has 5 atom stereocenters. The van der Waals surface area contributed by atoms with Crippen LogP contribution in [0.25, 0.3) is 0 Å². The molecule has 31 heavy (non-hydrogen) atoms. The van der Waals surface area contributed by atoms with Crippen LogP contribution in [0.1, 0.15) is 83.3 Å². The van der Waals surface area contributed by atoms with Crippen molar-refractivity contribution < 1.29 is 15.0 Å². The molecule has 0 radical (unpaired) electrons. The predicted octanol–water partition coefficient (Wildman–Crippen LogP) is 6.45. The molecule has 0 unspecified atom stereocenters. The fourth-order valence-corrected chi connectivity index (χ4v) is 7.04. The molecule has 0 saturated heterocycles. The fourth-order valence-electron chi connectivity index (χ4n) is 6.25. The number of aliphatic hydroxyl groups is 1. The summed E-state index contributed by atoms with van der Waals surface area (Å²) in [5, 5.41) is 21.3. The Bertz CT molecular complexity index is 724. The first-order valence-electron chi connectivity index (χ1n) is 12.7. The van der Waals surface area contributed by atoms with Gasteiger partial charge in [0.25, 0.3) is 0 Å². The lowest BCUT2D eigenvalue weighted by atomic mass is 9.73. The van der Waals surface area contributed by atoms with E-state index < -0.39 is 8.32 Å². The highest BCUT2D eigenvalue weighted by atomic mass is 28.4. The van der Waals surface area contributed by atoms with Crippen LogP contribution in [0.5, 0.6) is 5.75 Å². The van der Waals surface area contributed by atoms with Gasteiger partial charge in [0, 0.05) is 0 Å². The van der Waals surface area contributed by atoms with E-state index in [0.29, 0.717) is 29.4 Å². The molecule has 0 spiro atoms. The molecule has 1 saturated carbocycles. The van der Waals surface area contributed by atoms with E-state index in [4.69, 9.17) is 0 Å². The van der Waals surface area contributed by atoms with Gasteiger partial charge in [0.1, 0.15) is 5.75 Å². The highest BCUT2D eigenvalue weighted by Gasteiger charge is 2.45. The van der Waals surface area contributed by atoms with Crippen molar-refractivity contribution >= 4 is 8.32 Å². The van der Waals surface area contributed by atoms with Crippen LogP contribution in [0.4, 0.5) is 0 Å². The molecule has 176 valence electrons. The highest BCUT2D eigenvalue weighted by molar-refractivity contribution is 6.72. The molecule has 0 aromatic heterocycles. The summed E-state index contributed by atoms with van der Waals surface area (Å²) in [5.74, 6) is 2.48. The molecule has 2 aliphatic carbocycles. The third-order valence-corrected chi connectivity index (χ3v) is 12.5. The first-order valence-corrected chi connectivity index (χ1v) is 15.7. The number of rotatable bonds is 10. The van der Waals surface area contributed by atoms with Crippen molar-refractivity contribution in [3.8, 4) is 5.75 Å². The molecular weight excluding hydrogens is 400 g/mol. The largest absolute Gasteiger partial charge is 0.508 e. The molecule has 3 N–H and O–H groups in total. The predicted molar refractivity (Wildman–Crippen MR) is 132 cm³/mol. The van der Waals surface area contributed by atoms with E-state index in [1.807, 2.05) is 6.07 Å². The lowest BCUT2D eigenvalue weighted by Gasteiger charge is -2.38. The van der Waals surface area contributed by atoms with Crippen LogP contribution < -0.4 is 0 Å². The Labute approximate surface area is 191 Å². The van der Waals surface area contributed by atoms with Crippen LogP contribution >= 0.6 is 0 Å². The zero-order valence-corrected chi connectivity index (χ0v) is 21.5. The molecule has 1 aromatic rings. The van der Waals surface area contributed by atoms with E-state index in [1.54, 1.807) is 6.07 Å². The number of unbranched alkanes of at least 4 members (excludes halogenated alkanes) is 2. The summed E-state index contributed by atoms with van der Waals surface area (Å²) in [6, 6.07) is 5.93. The van der Waals surface area contributed by atoms with Gasteiger partial charge in [-0.3, -0.25) is 0 Å². The molecule has 3 nitrogen and oxygen atoms in total. The van der Waals surface area contributed by atoms with Gasteiger partial charge in [-0.1, -0.05) is 65.0 Å². The molecule has 0 heterocycles. The minimum Gasteiger partial charge on any atom is -0.508 e. The van der Waals surface area contributed by atoms with Gasteiger partial charge >= 0.3 is 0 Å². The maximum Gasteiger partial charge on any atom is 0.188 e. The maximum atomic E-state index is 11.0. The summed E-state index contributed by atoms with van der Waals surface area (Å²) in [5.41, 5.74) is 2.40. The van der Waals surface area contributed by atoms with Gasteiger partial charge in [0.15, 0.2) is 8.32 Å². The van der Waals surface area contributed by atoms with Crippen LogP contribution in [0.3, 0.4) is 0 Å². The second-order valence-electron chi connectivity index (χ2n) is 11.8. The van der Waals surface area contributed by atoms with Crippen molar-refractivity contribution in [1.29, 1.82) is 0 Å². The van der Waals surface area contributed by atoms with E-state index in [1.165, 1.54) is 31.2 Å². The van der Waals surface area contributed by atoms with Gasteiger partial charge in [0.05, 0.1) is 6.10 Å². The molecule has 0 bridgehead atoms. The smallest absolute Gasteiger partial charge is 0.188 e. The quantitative estimate of drug-likeness (QED) is 0.286. The van der Waals surface area contributed by atoms with Crippen LogP contribution in [0, 0.1) is 23.7 Å². The van der Waals surface area contributed by atoms with Crippen molar-refractivity contribution in [2.24, 2.45) is 23.7 Å². The molecule has 4 heteroatoms. The van der Waals surface area contributed by atoms with Crippen LogP contribution in [-0.4, -0.2) is 29.4 Å². The van der Waals surface area contributed by atoms with E-state index >= 15 is 0 Å². The normalized spacial score (nSPS) is 27.1. The summed E-state index contributed by atoms with van der Waals surface area (Å²) in [6.07, 6.45) is 11.0. The van der Waals surface area contributed by atoms with Crippen LogP contribution in [0.15, 0.2) is 18.2 Å². The number of benzene rings is 1. The summed E-state index contributed by atoms with van der Waals surface area (Å²) in [7, 11) is -2.22. The van der Waals surface area contributed by atoms with Crippen molar-refractivity contribution in [3.05, 3.63) is 29.3 Å². The second-order valence-corrected chi connectivity index (χ2v) is 16.3. The second kappa shape index (κ2) is 9.97. The van der Waals surface area contributed by atoms with Crippen molar-refractivity contribution in [2.45, 2.75) is 109 Å². The maximum absolute atomic E-state index is 11.0. The van der Waals surface area contributed by atoms with Crippen LogP contribution in [0.2, 0.25) is 18.1 Å². The van der Waals surface area contributed by atoms with E-state index in [-0.39, 0.29) is 11.1 Å². The topological polar surface area (TPSA) is 60.7 Å². The molecule has 0 amide bonds. The van der Waals surface area contributed by atoms with Gasteiger partial charge < -0.3 is 15.0 Å². The lowest BCUT2D eigenvalue weighted by Crippen LogP contribution is -2.40. The van der Waals surface area contributed by atoms with Gasteiger partial charge in [0.2, 0.25) is 0 Å². The van der Waals surface area contributed by atoms with Crippen molar-refractivity contribution in [2.75, 3.05) is 0 Å². The molecule has 1 aromatic carbocycles. The summed E-state index contributed by atoms with van der Waals surface area (Å²) in [6.45, 7) is 10.9. The Balaban J connectivity index is 1.67. The molecular formula is C27H46O3Si. The average molecular weight is 447 g/mol. The molecule has 0 aliphatic heterocycles. The summed E-state index contributed by atoms with van der Waals surface area (Å²) in [4.78, 5) is 10.8. The van der Waals surface area contributed by atoms with Crippen molar-refractivity contribution in [3.63, 3.8) is 0 Å². The SMILES string of the molecule is CCCCC[C@@H](CC[C@H]1[C@@H]2Cc3cccc(O)c3C[C@@H]2C[C@@H]1O)CC(C)(C)[Si](C)(C)O. The first kappa shape index (κ1) is 24.8. The minimum atomic E-state index is -2.22. The number of phenolic OH excluding ortho intramolecular Hbond substituents is 1. The average Bonchev–Trinajstić information content (AvgIpc) is 2.98. The summed E-state index contributed by atoms with van der Waals surface area (Å²) < 4.78 is 0. The zero-order valence-electron chi connectivity index (χ0n) is 20.5. The van der Waals surface area contributed by atoms with Crippen LogP contribution in [-0.2, 0) is 12.8 Å². The van der Waals surface area contributed by atoms with E-state index in [9.17, 15) is 15.0 Å².